The van der Waals surface area contributed by atoms with Crippen molar-refractivity contribution in [1.29, 1.82) is 0 Å². The molecule has 0 bridgehead atoms. The largest absolute Gasteiger partial charge is 0.497 e. The molecule has 1 aliphatic carbocycles. The molecule has 0 aromatic heterocycles. The van der Waals surface area contributed by atoms with Crippen molar-refractivity contribution in [2.75, 3.05) is 13.7 Å². The summed E-state index contributed by atoms with van der Waals surface area (Å²) in [4.78, 5) is 13.0. The Bertz CT molecular complexity index is 725. The third kappa shape index (κ3) is 4.07. The maximum absolute atomic E-state index is 13.0. The van der Waals surface area contributed by atoms with Crippen molar-refractivity contribution in [2.45, 2.75) is 32.2 Å². The minimum absolute atomic E-state index is 0.0196. The minimum atomic E-state index is -0.173. The molecule has 138 valence electrons. The second-order valence-electron chi connectivity index (χ2n) is 7.16. The molecule has 0 spiro atoms. The van der Waals surface area contributed by atoms with Crippen molar-refractivity contribution in [3.63, 3.8) is 0 Å². The second-order valence-corrected chi connectivity index (χ2v) is 7.16. The summed E-state index contributed by atoms with van der Waals surface area (Å²) in [6.07, 6.45) is 3.06. The van der Waals surface area contributed by atoms with Gasteiger partial charge in [-0.25, -0.2) is 0 Å². The molecule has 4 nitrogen and oxygen atoms in total. The zero-order valence-electron chi connectivity index (χ0n) is 15.6. The van der Waals surface area contributed by atoms with Gasteiger partial charge in [0, 0.05) is 5.92 Å². The average molecular weight is 352 g/mol. The van der Waals surface area contributed by atoms with Crippen LogP contribution in [0.3, 0.4) is 0 Å². The monoisotopic (exact) mass is 352 g/mol. The molecule has 26 heavy (non-hydrogen) atoms. The van der Waals surface area contributed by atoms with Gasteiger partial charge in [0.1, 0.15) is 5.75 Å². The van der Waals surface area contributed by atoms with E-state index in [1.807, 2.05) is 24.3 Å². The van der Waals surface area contributed by atoms with E-state index in [0.717, 1.165) is 36.1 Å². The minimum Gasteiger partial charge on any atom is -0.497 e. The lowest BCUT2D eigenvalue weighted by atomic mass is 9.93. The Labute approximate surface area is 155 Å². The third-order valence-electron chi connectivity index (χ3n) is 5.45. The van der Waals surface area contributed by atoms with Crippen molar-refractivity contribution in [3.05, 3.63) is 65.2 Å². The summed E-state index contributed by atoms with van der Waals surface area (Å²) < 4.78 is 5.26. The topological polar surface area (TPSA) is 64.3 Å². The fourth-order valence-corrected chi connectivity index (χ4v) is 3.83. The third-order valence-corrected chi connectivity index (χ3v) is 5.45. The Hall–Kier alpha value is -2.33. The molecule has 1 fully saturated rings. The predicted molar refractivity (Wildman–Crippen MR) is 104 cm³/mol. The summed E-state index contributed by atoms with van der Waals surface area (Å²) in [5.74, 6) is 1.23. The highest BCUT2D eigenvalue weighted by molar-refractivity contribution is 5.80. The number of ether oxygens (including phenoxy) is 1. The van der Waals surface area contributed by atoms with Crippen LogP contribution in [0.1, 0.15) is 42.0 Å². The van der Waals surface area contributed by atoms with E-state index in [2.05, 4.69) is 36.5 Å². The zero-order chi connectivity index (χ0) is 18.5. The van der Waals surface area contributed by atoms with Gasteiger partial charge in [-0.15, -0.1) is 0 Å². The van der Waals surface area contributed by atoms with Gasteiger partial charge in [0.25, 0.3) is 0 Å². The second kappa shape index (κ2) is 8.37. The molecule has 1 aliphatic rings. The summed E-state index contributed by atoms with van der Waals surface area (Å²) in [5.41, 5.74) is 9.20. The van der Waals surface area contributed by atoms with E-state index in [4.69, 9.17) is 10.5 Å². The van der Waals surface area contributed by atoms with Gasteiger partial charge in [-0.1, -0.05) is 48.4 Å². The number of carbonyl (C=O) groups excluding carboxylic acids is 1. The molecule has 4 heteroatoms. The molecule has 3 atom stereocenters. The number of hydrogen-bond acceptors (Lipinski definition) is 3. The number of aryl methyl sites for hydroxylation is 1. The first-order valence-electron chi connectivity index (χ1n) is 9.33. The van der Waals surface area contributed by atoms with Crippen molar-refractivity contribution in [1.82, 2.24) is 5.32 Å². The highest BCUT2D eigenvalue weighted by Crippen LogP contribution is 2.32. The number of nitrogens with one attached hydrogen (secondary N) is 1. The number of nitrogens with two attached hydrogens (primary N) is 1. The first-order valence-corrected chi connectivity index (χ1v) is 9.33. The predicted octanol–water partition coefficient (Wildman–Crippen LogP) is 3.58. The van der Waals surface area contributed by atoms with Crippen LogP contribution in [-0.2, 0) is 4.79 Å². The molecule has 3 N–H and O–H groups in total. The summed E-state index contributed by atoms with van der Waals surface area (Å²) in [5, 5.41) is 3.28. The molecule has 0 saturated heterocycles. The summed E-state index contributed by atoms with van der Waals surface area (Å²) >= 11 is 0. The Morgan fingerprint density at radius 3 is 2.31 bits per heavy atom. The Morgan fingerprint density at radius 1 is 1.12 bits per heavy atom. The average Bonchev–Trinajstić information content (AvgIpc) is 3.16. The smallest absolute Gasteiger partial charge is 0.224 e. The first-order chi connectivity index (χ1) is 12.6. The van der Waals surface area contributed by atoms with Crippen LogP contribution in [0.15, 0.2) is 48.5 Å². The van der Waals surface area contributed by atoms with E-state index < -0.39 is 0 Å². The number of carbonyl (C=O) groups is 1. The van der Waals surface area contributed by atoms with E-state index in [0.29, 0.717) is 12.5 Å². The Morgan fingerprint density at radius 2 is 1.73 bits per heavy atom. The fourth-order valence-electron chi connectivity index (χ4n) is 3.83. The molecular weight excluding hydrogens is 324 g/mol. The van der Waals surface area contributed by atoms with Crippen LogP contribution in [0.5, 0.6) is 5.75 Å². The van der Waals surface area contributed by atoms with Crippen LogP contribution in [-0.4, -0.2) is 19.6 Å². The quantitative estimate of drug-likeness (QED) is 0.835. The maximum atomic E-state index is 13.0. The lowest BCUT2D eigenvalue weighted by Gasteiger charge is -2.24. The molecule has 1 saturated carbocycles. The number of hydrogen-bond donors (Lipinski definition) is 2. The summed E-state index contributed by atoms with van der Waals surface area (Å²) in [7, 11) is 1.65. The van der Waals surface area contributed by atoms with Gasteiger partial charge < -0.3 is 15.8 Å². The van der Waals surface area contributed by atoms with Crippen LogP contribution in [0.4, 0.5) is 0 Å². The summed E-state index contributed by atoms with van der Waals surface area (Å²) in [6.45, 7) is 2.64. The van der Waals surface area contributed by atoms with Crippen LogP contribution >= 0.6 is 0 Å². The van der Waals surface area contributed by atoms with E-state index >= 15 is 0 Å². The first kappa shape index (κ1) is 18.5. The highest BCUT2D eigenvalue weighted by atomic mass is 16.5. The lowest BCUT2D eigenvalue weighted by Crippen LogP contribution is -2.37. The van der Waals surface area contributed by atoms with Crippen LogP contribution in [0.25, 0.3) is 0 Å². The van der Waals surface area contributed by atoms with Gasteiger partial charge in [-0.2, -0.15) is 0 Å². The van der Waals surface area contributed by atoms with Crippen molar-refractivity contribution in [2.24, 2.45) is 17.6 Å². The van der Waals surface area contributed by atoms with Gasteiger partial charge in [0.15, 0.2) is 0 Å². The van der Waals surface area contributed by atoms with Crippen LogP contribution < -0.4 is 15.8 Å². The standard InChI is InChI=1S/C22H28N2O2/c1-15-6-8-16(9-7-15)21(17-10-12-19(26-2)13-11-17)24-22(25)20-5-3-4-18(20)14-23/h6-13,18,20-21H,3-5,14,23H2,1-2H3,(H,24,25)/t18-,20-,21?/m1/s1. The summed E-state index contributed by atoms with van der Waals surface area (Å²) in [6, 6.07) is 16.0. The molecule has 1 amide bonds. The fraction of sp³-hybridized carbons (Fsp3) is 0.409. The van der Waals surface area contributed by atoms with Crippen molar-refractivity contribution >= 4 is 5.91 Å². The number of methoxy groups -OCH3 is 1. The SMILES string of the molecule is COc1ccc(C(NC(=O)[C@@H]2CCC[C@@H]2CN)c2ccc(C)cc2)cc1. The van der Waals surface area contributed by atoms with E-state index in [9.17, 15) is 4.79 Å². The van der Waals surface area contributed by atoms with Gasteiger partial charge in [-0.3, -0.25) is 4.79 Å². The van der Waals surface area contributed by atoms with Crippen LogP contribution in [0.2, 0.25) is 0 Å². The molecular formula is C22H28N2O2. The van der Waals surface area contributed by atoms with Gasteiger partial charge in [0.05, 0.1) is 13.2 Å². The van der Waals surface area contributed by atoms with Gasteiger partial charge in [-0.05, 0) is 55.5 Å². The molecule has 0 heterocycles. The molecule has 2 aromatic rings. The van der Waals surface area contributed by atoms with E-state index in [-0.39, 0.29) is 17.9 Å². The number of rotatable bonds is 6. The van der Waals surface area contributed by atoms with Crippen LogP contribution in [0, 0.1) is 18.8 Å². The van der Waals surface area contributed by atoms with E-state index in [1.54, 1.807) is 7.11 Å². The molecule has 2 aromatic carbocycles. The van der Waals surface area contributed by atoms with Crippen molar-refractivity contribution < 1.29 is 9.53 Å². The Balaban J connectivity index is 1.87. The molecule has 0 aliphatic heterocycles. The molecule has 1 unspecified atom stereocenters. The van der Waals surface area contributed by atoms with Gasteiger partial charge in [0.2, 0.25) is 5.91 Å². The molecule has 3 rings (SSSR count). The normalized spacial score (nSPS) is 20.6. The zero-order valence-corrected chi connectivity index (χ0v) is 15.6. The number of amides is 1. The van der Waals surface area contributed by atoms with Gasteiger partial charge >= 0.3 is 0 Å². The van der Waals surface area contributed by atoms with Crippen molar-refractivity contribution in [3.8, 4) is 5.75 Å². The number of benzene rings is 2. The maximum Gasteiger partial charge on any atom is 0.224 e. The lowest BCUT2D eigenvalue weighted by molar-refractivity contribution is -0.126. The van der Waals surface area contributed by atoms with E-state index in [1.165, 1.54) is 5.56 Å². The molecule has 0 radical (unpaired) electrons. The Kier molecular flexibility index (Phi) is 5.94. The highest BCUT2D eigenvalue weighted by Gasteiger charge is 2.33.